The van der Waals surface area contributed by atoms with E-state index in [1.54, 1.807) is 18.3 Å². The first kappa shape index (κ1) is 18.8. The number of hydrogen-bond donors (Lipinski definition) is 3. The van der Waals surface area contributed by atoms with Gasteiger partial charge in [0.2, 0.25) is 0 Å². The molecule has 8 heteroatoms. The highest BCUT2D eigenvalue weighted by Crippen LogP contribution is 2.41. The summed E-state index contributed by atoms with van der Waals surface area (Å²) in [6, 6.07) is 8.07. The number of H-pyrrole nitrogens is 1. The molecule has 2 fully saturated rings. The van der Waals surface area contributed by atoms with Crippen molar-refractivity contribution < 1.29 is 13.6 Å². The molecule has 2 amide bonds. The van der Waals surface area contributed by atoms with E-state index in [1.807, 2.05) is 11.0 Å². The van der Waals surface area contributed by atoms with Crippen molar-refractivity contribution in [3.8, 4) is 0 Å². The molecule has 2 bridgehead atoms. The summed E-state index contributed by atoms with van der Waals surface area (Å²) < 4.78 is 29.7. The van der Waals surface area contributed by atoms with E-state index in [0.29, 0.717) is 11.3 Å². The summed E-state index contributed by atoms with van der Waals surface area (Å²) in [6.07, 6.45) is 6.72. The van der Waals surface area contributed by atoms with Crippen LogP contribution >= 0.6 is 0 Å². The number of benzene rings is 2. The molecule has 0 saturated carbocycles. The highest BCUT2D eigenvalue weighted by atomic mass is 19.1. The molecule has 2 aromatic carbocycles. The van der Waals surface area contributed by atoms with Crippen LogP contribution in [-0.2, 0) is 6.54 Å². The van der Waals surface area contributed by atoms with Crippen molar-refractivity contribution in [2.24, 2.45) is 0 Å². The van der Waals surface area contributed by atoms with E-state index in [2.05, 4.69) is 20.8 Å². The lowest BCUT2D eigenvalue weighted by molar-refractivity contribution is 0.251. The lowest BCUT2D eigenvalue weighted by atomic mass is 10.0. The van der Waals surface area contributed by atoms with Gasteiger partial charge in [0.05, 0.1) is 17.4 Å². The Hall–Kier alpha value is -3.16. The van der Waals surface area contributed by atoms with E-state index < -0.39 is 17.7 Å². The molecule has 6 nitrogen and oxygen atoms in total. The highest BCUT2D eigenvalue weighted by molar-refractivity contribution is 6.00. The number of urea groups is 1. The number of amides is 2. The zero-order valence-electron chi connectivity index (χ0n) is 16.4. The molecule has 156 valence electrons. The minimum atomic E-state index is -0.561. The van der Waals surface area contributed by atoms with Gasteiger partial charge in [-0.3, -0.25) is 5.10 Å². The second-order valence-corrected chi connectivity index (χ2v) is 8.08. The van der Waals surface area contributed by atoms with Crippen molar-refractivity contribution in [1.82, 2.24) is 15.5 Å². The Morgan fingerprint density at radius 2 is 1.87 bits per heavy atom. The van der Waals surface area contributed by atoms with Crippen LogP contribution in [-0.4, -0.2) is 28.3 Å². The van der Waals surface area contributed by atoms with Gasteiger partial charge in [0.25, 0.3) is 0 Å². The first-order valence-electron chi connectivity index (χ1n) is 10.3. The fourth-order valence-corrected chi connectivity index (χ4v) is 4.87. The smallest absolute Gasteiger partial charge is 0.319 e. The lowest BCUT2D eigenvalue weighted by Crippen LogP contribution is -2.40. The van der Waals surface area contributed by atoms with Gasteiger partial charge >= 0.3 is 6.03 Å². The SMILES string of the molecule is O=C(NCc1cc(F)c(N2[C@@H]3CCC[C@H]2CC3)c(F)c1)Nc1cccc2[nH]ncc12. The third-order valence-corrected chi connectivity index (χ3v) is 6.22. The average molecular weight is 411 g/mol. The van der Waals surface area contributed by atoms with Crippen LogP contribution < -0.4 is 15.5 Å². The fraction of sp³-hybridized carbons (Fsp3) is 0.364. The largest absolute Gasteiger partial charge is 0.361 e. The van der Waals surface area contributed by atoms with Gasteiger partial charge in [-0.05, 0) is 61.9 Å². The van der Waals surface area contributed by atoms with Crippen LogP contribution in [0.5, 0.6) is 0 Å². The van der Waals surface area contributed by atoms with Crippen molar-refractivity contribution in [3.05, 3.63) is 53.7 Å². The maximum Gasteiger partial charge on any atom is 0.319 e. The number of hydrogen-bond acceptors (Lipinski definition) is 3. The van der Waals surface area contributed by atoms with E-state index in [1.165, 1.54) is 12.1 Å². The Balaban J connectivity index is 1.28. The molecule has 0 aliphatic carbocycles. The molecule has 0 unspecified atom stereocenters. The number of halogens is 2. The third kappa shape index (κ3) is 3.36. The standard InChI is InChI=1S/C22H23F2N5O/c23-17-9-13(10-18(24)21(17)29-14-3-1-4-15(29)8-7-14)11-25-22(30)27-19-5-2-6-20-16(19)12-26-28-20/h2,5-6,9-10,12,14-15H,1,3-4,7-8,11H2,(H,26,28)(H2,25,27,30)/t14-,15+. The Morgan fingerprint density at radius 1 is 1.13 bits per heavy atom. The van der Waals surface area contributed by atoms with Gasteiger partial charge in [-0.2, -0.15) is 5.10 Å². The maximum absolute atomic E-state index is 14.9. The first-order chi connectivity index (χ1) is 14.6. The van der Waals surface area contributed by atoms with E-state index >= 15 is 0 Å². The summed E-state index contributed by atoms with van der Waals surface area (Å²) >= 11 is 0. The van der Waals surface area contributed by atoms with Crippen molar-refractivity contribution >= 4 is 28.3 Å². The second-order valence-electron chi connectivity index (χ2n) is 8.08. The molecule has 1 aromatic heterocycles. The molecule has 3 heterocycles. The predicted octanol–water partition coefficient (Wildman–Crippen LogP) is 4.68. The molecular weight excluding hydrogens is 388 g/mol. The minimum absolute atomic E-state index is 0.0220. The third-order valence-electron chi connectivity index (χ3n) is 6.22. The summed E-state index contributed by atoms with van der Waals surface area (Å²) in [6.45, 7) is 0.0220. The molecule has 3 N–H and O–H groups in total. The van der Waals surface area contributed by atoms with Crippen LogP contribution in [0.25, 0.3) is 10.9 Å². The Labute approximate surface area is 172 Å². The van der Waals surface area contributed by atoms with Crippen molar-refractivity contribution in [3.63, 3.8) is 0 Å². The molecule has 2 atom stereocenters. The normalized spacial score (nSPS) is 20.5. The molecule has 2 aliphatic rings. The van der Waals surface area contributed by atoms with Crippen LogP contribution in [0.1, 0.15) is 37.7 Å². The zero-order chi connectivity index (χ0) is 20.7. The average Bonchev–Trinajstić information content (AvgIpc) is 3.28. The van der Waals surface area contributed by atoms with Crippen molar-refractivity contribution in [1.29, 1.82) is 0 Å². The highest BCUT2D eigenvalue weighted by Gasteiger charge is 2.39. The zero-order valence-corrected chi connectivity index (χ0v) is 16.4. The van der Waals surface area contributed by atoms with Gasteiger partial charge in [0.1, 0.15) is 17.3 Å². The van der Waals surface area contributed by atoms with Crippen LogP contribution in [0, 0.1) is 11.6 Å². The van der Waals surface area contributed by atoms with Gasteiger partial charge in [0, 0.05) is 24.0 Å². The van der Waals surface area contributed by atoms with Gasteiger partial charge in [-0.1, -0.05) is 6.07 Å². The molecule has 2 saturated heterocycles. The van der Waals surface area contributed by atoms with Crippen LogP contribution in [0.3, 0.4) is 0 Å². The number of nitrogens with one attached hydrogen (secondary N) is 3. The monoisotopic (exact) mass is 411 g/mol. The molecular formula is C22H23F2N5O. The summed E-state index contributed by atoms with van der Waals surface area (Å²) in [7, 11) is 0. The van der Waals surface area contributed by atoms with Gasteiger partial charge in [0.15, 0.2) is 0 Å². The van der Waals surface area contributed by atoms with E-state index in [-0.39, 0.29) is 24.3 Å². The summed E-state index contributed by atoms with van der Waals surface area (Å²) in [5.41, 5.74) is 1.88. The van der Waals surface area contributed by atoms with Gasteiger partial charge in [-0.25, -0.2) is 13.6 Å². The number of nitrogens with zero attached hydrogens (tertiary/aromatic N) is 2. The van der Waals surface area contributed by atoms with E-state index in [4.69, 9.17) is 0 Å². The van der Waals surface area contributed by atoms with Crippen molar-refractivity contribution in [2.45, 2.75) is 50.7 Å². The lowest BCUT2D eigenvalue weighted by Gasteiger charge is -2.37. The Kier molecular flexibility index (Phi) is 4.77. The Bertz CT molecular complexity index is 1060. The maximum atomic E-state index is 14.9. The number of aromatic nitrogens is 2. The first-order valence-corrected chi connectivity index (χ1v) is 10.3. The van der Waals surface area contributed by atoms with Gasteiger partial charge in [-0.15, -0.1) is 0 Å². The molecule has 2 aliphatic heterocycles. The van der Waals surface area contributed by atoms with Gasteiger partial charge < -0.3 is 15.5 Å². The fourth-order valence-electron chi connectivity index (χ4n) is 4.87. The van der Waals surface area contributed by atoms with E-state index in [0.717, 1.165) is 43.0 Å². The number of piperidine rings is 1. The molecule has 30 heavy (non-hydrogen) atoms. The minimum Gasteiger partial charge on any atom is -0.361 e. The summed E-state index contributed by atoms with van der Waals surface area (Å²) in [5.74, 6) is -1.12. The predicted molar refractivity (Wildman–Crippen MR) is 111 cm³/mol. The Morgan fingerprint density at radius 3 is 2.60 bits per heavy atom. The number of carbonyl (C=O) groups excluding carboxylic acids is 1. The van der Waals surface area contributed by atoms with Crippen LogP contribution in [0.2, 0.25) is 0 Å². The molecule has 0 radical (unpaired) electrons. The van der Waals surface area contributed by atoms with E-state index in [9.17, 15) is 13.6 Å². The number of aromatic amines is 1. The summed E-state index contributed by atoms with van der Waals surface area (Å²) in [5, 5.41) is 13.0. The number of anilines is 2. The number of fused-ring (bicyclic) bond motifs is 3. The molecule has 3 aromatic rings. The topological polar surface area (TPSA) is 73.1 Å². The summed E-state index contributed by atoms with van der Waals surface area (Å²) in [4.78, 5) is 14.2. The van der Waals surface area contributed by atoms with Crippen molar-refractivity contribution in [2.75, 3.05) is 10.2 Å². The number of carbonyl (C=O) groups is 1. The number of rotatable bonds is 4. The van der Waals surface area contributed by atoms with Crippen LogP contribution in [0.4, 0.5) is 25.0 Å². The second kappa shape index (κ2) is 7.59. The quantitative estimate of drug-likeness (QED) is 0.583. The van der Waals surface area contributed by atoms with Crippen LogP contribution in [0.15, 0.2) is 36.5 Å². The molecule has 0 spiro atoms. The molecule has 5 rings (SSSR count).